The zero-order valence-corrected chi connectivity index (χ0v) is 43.9. The van der Waals surface area contributed by atoms with Crippen LogP contribution >= 0.6 is 0 Å². The van der Waals surface area contributed by atoms with Crippen molar-refractivity contribution in [1.29, 1.82) is 0 Å². The van der Waals surface area contributed by atoms with Crippen molar-refractivity contribution >= 4 is 40.9 Å². The van der Waals surface area contributed by atoms with Gasteiger partial charge in [0.25, 0.3) is 11.8 Å². The minimum Gasteiger partial charge on any atom is -0.494 e. The molecule has 3 saturated heterocycles. The fraction of sp³-hybridized carbons (Fsp3) is 0.474. The molecule has 1 unspecified atom stereocenters. The lowest BCUT2D eigenvalue weighted by Crippen LogP contribution is -2.52. The number of piperidine rings is 2. The molecule has 4 aliphatic rings. The van der Waals surface area contributed by atoms with E-state index in [-0.39, 0.29) is 36.1 Å². The van der Waals surface area contributed by atoms with Crippen molar-refractivity contribution in [2.75, 3.05) is 95.7 Å². The van der Waals surface area contributed by atoms with Crippen LogP contribution in [0.2, 0.25) is 0 Å². The number of carbonyl (C=O) groups is 5. The molecule has 77 heavy (non-hydrogen) atoms. The first-order valence-electron chi connectivity index (χ1n) is 27.1. The van der Waals surface area contributed by atoms with Crippen molar-refractivity contribution in [2.24, 2.45) is 0 Å². The Bertz CT molecular complexity index is 2780. The maximum absolute atomic E-state index is 13.5. The highest BCUT2D eigenvalue weighted by Gasteiger charge is 2.40. The lowest BCUT2D eigenvalue weighted by atomic mass is 9.87. The van der Waals surface area contributed by atoms with Crippen LogP contribution in [0.5, 0.6) is 5.75 Å². The van der Waals surface area contributed by atoms with Gasteiger partial charge in [-0.2, -0.15) is 0 Å². The minimum absolute atomic E-state index is 0.0585. The van der Waals surface area contributed by atoms with E-state index in [2.05, 4.69) is 46.3 Å². The predicted octanol–water partition coefficient (Wildman–Crippen LogP) is 5.54. The molecule has 3 fully saturated rings. The van der Waals surface area contributed by atoms with Crippen molar-refractivity contribution in [3.8, 4) is 17.1 Å². The molecule has 2 aromatic heterocycles. The number of nitrogens with one attached hydrogen (secondary N) is 5. The van der Waals surface area contributed by atoms with E-state index >= 15 is 0 Å². The standard InChI is InChI=1S/C57H71N11O9/c1-40(60-53(71)43-7-6-8-45(37-43)63-57(20-24-59-25-21-57)56-62-52(64-65-56)42-17-22-58-23-18-42)41-9-12-47(13-10-41)77-31-5-3-2-4-30-74-33-35-76-36-34-75-32-19-51(70)67-28-26-66(27-29-67)46-11-14-48-44(38-46)39-68(55(48)73)49-15-16-50(69)61-54(49)72/h6-14,17-18,22-23,37-38,40,49,59,63H,2-5,15-16,19-21,24-36,39H2,1H3,(H,60,71)(H,61,69,72)(H,62,64,65)/t40-,49?/m1/s1. The highest BCUT2D eigenvalue weighted by atomic mass is 16.5. The SMILES string of the molecule is C[C@@H](NC(=O)c1cccc(NC2(c3nnc(-c4ccncc4)[nH]3)CCNCC2)c1)c1ccc(OCCCCCCOCCOCCOCCC(=O)N2CCN(c3ccc4c(c3)CN(C3CCC(=O)NC3=O)C4=O)CC2)cc1. The van der Waals surface area contributed by atoms with Crippen molar-refractivity contribution < 1.29 is 42.9 Å². The van der Waals surface area contributed by atoms with Crippen molar-refractivity contribution in [2.45, 2.75) is 88.9 Å². The quantitative estimate of drug-likeness (QED) is 0.0338. The predicted molar refractivity (Wildman–Crippen MR) is 288 cm³/mol. The molecule has 0 saturated carbocycles. The first-order chi connectivity index (χ1) is 37.6. The Kier molecular flexibility index (Phi) is 18.9. The molecule has 0 radical (unpaired) electrons. The summed E-state index contributed by atoms with van der Waals surface area (Å²) in [5.74, 6) is 1.24. The molecule has 9 rings (SSSR count). The number of unbranched alkanes of at least 4 members (excludes halogenated alkanes) is 3. The Labute approximate surface area is 449 Å². The summed E-state index contributed by atoms with van der Waals surface area (Å²) in [7, 11) is 0. The van der Waals surface area contributed by atoms with Gasteiger partial charge in [-0.1, -0.05) is 24.6 Å². The molecule has 20 nitrogen and oxygen atoms in total. The van der Waals surface area contributed by atoms with Gasteiger partial charge in [0, 0.05) is 86.2 Å². The third kappa shape index (κ3) is 14.4. The molecule has 2 atom stereocenters. The Balaban J connectivity index is 0.571. The van der Waals surface area contributed by atoms with Gasteiger partial charge >= 0.3 is 0 Å². The number of hydrogen-bond donors (Lipinski definition) is 5. The zero-order chi connectivity index (χ0) is 53.4. The molecule has 5 aromatic rings. The maximum atomic E-state index is 13.5. The van der Waals surface area contributed by atoms with Crippen LogP contribution in [-0.4, -0.2) is 151 Å². The van der Waals surface area contributed by atoms with Crippen molar-refractivity contribution in [3.63, 3.8) is 0 Å². The smallest absolute Gasteiger partial charge is 0.255 e. The molecular weight excluding hydrogens is 983 g/mol. The third-order valence-electron chi connectivity index (χ3n) is 14.7. The number of nitrogens with zero attached hydrogens (tertiary/aromatic N) is 6. The van der Waals surface area contributed by atoms with Crippen molar-refractivity contribution in [1.82, 2.24) is 45.9 Å². The first-order valence-corrected chi connectivity index (χ1v) is 27.1. The average molecular weight is 1050 g/mol. The van der Waals surface area contributed by atoms with Gasteiger partial charge in [0.1, 0.15) is 11.8 Å². The number of imide groups is 1. The Morgan fingerprint density at radius 3 is 2.27 bits per heavy atom. The van der Waals surface area contributed by atoms with Crippen LogP contribution in [0.1, 0.15) is 108 Å². The van der Waals surface area contributed by atoms with Gasteiger partial charge in [0.15, 0.2) is 11.6 Å². The number of benzene rings is 3. The van der Waals surface area contributed by atoms with Gasteiger partial charge in [0.05, 0.1) is 57.6 Å². The fourth-order valence-electron chi connectivity index (χ4n) is 10.3. The molecule has 5 amide bonds. The molecule has 5 N–H and O–H groups in total. The lowest BCUT2D eigenvalue weighted by Gasteiger charge is -2.37. The van der Waals surface area contributed by atoms with E-state index in [9.17, 15) is 24.0 Å². The molecule has 0 bridgehead atoms. The van der Waals surface area contributed by atoms with Crippen LogP contribution in [0.15, 0.2) is 91.3 Å². The number of pyridine rings is 1. The van der Waals surface area contributed by atoms with Crippen LogP contribution in [-0.2, 0) is 40.7 Å². The highest BCUT2D eigenvalue weighted by Crippen LogP contribution is 2.35. The summed E-state index contributed by atoms with van der Waals surface area (Å²) in [5, 5.41) is 21.7. The number of amides is 5. The summed E-state index contributed by atoms with van der Waals surface area (Å²) in [5.41, 5.74) is 5.25. The zero-order valence-electron chi connectivity index (χ0n) is 43.9. The molecule has 3 aromatic carbocycles. The summed E-state index contributed by atoms with van der Waals surface area (Å²) in [4.78, 5) is 76.7. The molecule has 20 heteroatoms. The average Bonchev–Trinajstić information content (AvgIpc) is 4.10. The summed E-state index contributed by atoms with van der Waals surface area (Å²) >= 11 is 0. The molecule has 408 valence electrons. The number of rotatable bonds is 26. The first kappa shape index (κ1) is 54.5. The molecular formula is C57H71N11O9. The number of piperazine rings is 1. The van der Waals surface area contributed by atoms with Gasteiger partial charge in [-0.15, -0.1) is 10.2 Å². The molecule has 6 heterocycles. The number of H-pyrrole nitrogens is 1. The van der Waals surface area contributed by atoms with Crippen LogP contribution in [0.4, 0.5) is 11.4 Å². The molecule has 4 aliphatic heterocycles. The van der Waals surface area contributed by atoms with Gasteiger partial charge in [0.2, 0.25) is 17.7 Å². The van der Waals surface area contributed by atoms with E-state index in [0.717, 1.165) is 91.3 Å². The Morgan fingerprint density at radius 2 is 1.52 bits per heavy atom. The second-order valence-electron chi connectivity index (χ2n) is 20.0. The van der Waals surface area contributed by atoms with E-state index in [0.29, 0.717) is 109 Å². The van der Waals surface area contributed by atoms with E-state index in [1.807, 2.05) is 90.7 Å². The van der Waals surface area contributed by atoms with Crippen LogP contribution in [0, 0.1) is 0 Å². The van der Waals surface area contributed by atoms with E-state index < -0.39 is 17.5 Å². The number of ether oxygens (including phenoxy) is 4. The van der Waals surface area contributed by atoms with Crippen LogP contribution in [0.3, 0.4) is 0 Å². The number of fused-ring (bicyclic) bond motifs is 1. The monoisotopic (exact) mass is 1050 g/mol. The topological polar surface area (TPSA) is 235 Å². The summed E-state index contributed by atoms with van der Waals surface area (Å²) in [6, 6.07) is 24.2. The van der Waals surface area contributed by atoms with E-state index in [1.165, 1.54) is 0 Å². The number of aromatic amines is 1. The van der Waals surface area contributed by atoms with Gasteiger partial charge < -0.3 is 54.6 Å². The number of aromatic nitrogens is 4. The normalized spacial score (nSPS) is 17.7. The number of hydrogen-bond acceptors (Lipinski definition) is 15. The largest absolute Gasteiger partial charge is 0.494 e. The van der Waals surface area contributed by atoms with Gasteiger partial charge in [-0.05, 0) is 130 Å². The van der Waals surface area contributed by atoms with E-state index in [1.54, 1.807) is 17.3 Å². The summed E-state index contributed by atoms with van der Waals surface area (Å²) < 4.78 is 23.1. The Morgan fingerprint density at radius 1 is 0.792 bits per heavy atom. The minimum atomic E-state index is -0.641. The van der Waals surface area contributed by atoms with Crippen LogP contribution in [0.25, 0.3) is 11.4 Å². The summed E-state index contributed by atoms with van der Waals surface area (Å²) in [6.45, 7) is 9.94. The summed E-state index contributed by atoms with van der Waals surface area (Å²) in [6.07, 6.45) is 9.90. The van der Waals surface area contributed by atoms with Gasteiger partial charge in [-0.3, -0.25) is 34.3 Å². The van der Waals surface area contributed by atoms with E-state index in [4.69, 9.17) is 18.9 Å². The number of anilines is 2. The number of carbonyl (C=O) groups excluding carboxylic acids is 5. The maximum Gasteiger partial charge on any atom is 0.255 e. The fourth-order valence-corrected chi connectivity index (χ4v) is 10.3. The highest BCUT2D eigenvalue weighted by molar-refractivity contribution is 6.05. The molecule has 0 spiro atoms. The van der Waals surface area contributed by atoms with Gasteiger partial charge in [-0.25, -0.2) is 0 Å². The van der Waals surface area contributed by atoms with Crippen LogP contribution < -0.4 is 30.9 Å². The second kappa shape index (κ2) is 26.7. The van der Waals surface area contributed by atoms with Crippen molar-refractivity contribution in [3.05, 3.63) is 119 Å². The molecule has 0 aliphatic carbocycles. The lowest BCUT2D eigenvalue weighted by molar-refractivity contribution is -0.137. The Hall–Kier alpha value is -7.26. The third-order valence-corrected chi connectivity index (χ3v) is 14.7. The second-order valence-corrected chi connectivity index (χ2v) is 20.0.